The molecular weight excluding hydrogens is 267 g/mol. The molecule has 2 aromatic carbocycles. The Labute approximate surface area is 115 Å². The molecule has 2 atom stereocenters. The summed E-state index contributed by atoms with van der Waals surface area (Å²) in [4.78, 5) is 0. The Hall–Kier alpha value is -2.01. The van der Waals surface area contributed by atoms with Gasteiger partial charge in [-0.25, -0.2) is 8.78 Å². The summed E-state index contributed by atoms with van der Waals surface area (Å²) in [7, 11) is 0. The molecule has 2 aromatic rings. The second-order valence-electron chi connectivity index (χ2n) is 4.45. The molecule has 5 heteroatoms. The molecule has 2 rings (SSSR count). The maximum Gasteiger partial charge on any atom is 0.200 e. The quantitative estimate of drug-likeness (QED) is 0.929. The first-order valence-corrected chi connectivity index (χ1v) is 6.10. The van der Waals surface area contributed by atoms with E-state index in [0.29, 0.717) is 5.56 Å². The minimum atomic E-state index is -1.05. The molecule has 0 aliphatic carbocycles. The fourth-order valence-electron chi connectivity index (χ4n) is 1.80. The van der Waals surface area contributed by atoms with Crippen LogP contribution in [0.5, 0.6) is 5.75 Å². The second kappa shape index (κ2) is 5.96. The fraction of sp³-hybridized carbons (Fsp3) is 0.200. The van der Waals surface area contributed by atoms with Gasteiger partial charge >= 0.3 is 0 Å². The van der Waals surface area contributed by atoms with Gasteiger partial charge in [-0.05, 0) is 36.8 Å². The summed E-state index contributed by atoms with van der Waals surface area (Å²) in [5, 5.41) is 0. The van der Waals surface area contributed by atoms with Gasteiger partial charge < -0.3 is 10.5 Å². The summed E-state index contributed by atoms with van der Waals surface area (Å²) in [5.74, 6) is -2.60. The molecule has 2 unspecified atom stereocenters. The van der Waals surface area contributed by atoms with Crippen molar-refractivity contribution in [3.8, 4) is 5.75 Å². The van der Waals surface area contributed by atoms with Crippen LogP contribution in [0.2, 0.25) is 0 Å². The predicted molar refractivity (Wildman–Crippen MR) is 69.8 cm³/mol. The lowest BCUT2D eigenvalue weighted by Gasteiger charge is -2.22. The lowest BCUT2D eigenvalue weighted by molar-refractivity contribution is 0.180. The number of hydrogen-bond donors (Lipinski definition) is 1. The Bertz CT molecular complexity index is 586. The highest BCUT2D eigenvalue weighted by molar-refractivity contribution is 5.26. The second-order valence-corrected chi connectivity index (χ2v) is 4.45. The minimum absolute atomic E-state index is 0.199. The van der Waals surface area contributed by atoms with E-state index in [2.05, 4.69) is 0 Å². The Morgan fingerprint density at radius 3 is 2.30 bits per heavy atom. The molecule has 0 radical (unpaired) electrons. The van der Waals surface area contributed by atoms with Gasteiger partial charge in [-0.1, -0.05) is 18.2 Å². The van der Waals surface area contributed by atoms with Crippen molar-refractivity contribution in [1.82, 2.24) is 0 Å². The van der Waals surface area contributed by atoms with Crippen molar-refractivity contribution >= 4 is 0 Å². The van der Waals surface area contributed by atoms with Gasteiger partial charge in [0.15, 0.2) is 11.6 Å². The summed E-state index contributed by atoms with van der Waals surface area (Å²) in [6, 6.07) is 8.72. The third kappa shape index (κ3) is 3.11. The maximum absolute atomic E-state index is 13.5. The molecule has 106 valence electrons. The molecule has 20 heavy (non-hydrogen) atoms. The highest BCUT2D eigenvalue weighted by Gasteiger charge is 2.19. The SMILES string of the molecule is CC(Oc1cccc(F)c1F)C(N)c1ccc(F)cc1. The van der Waals surface area contributed by atoms with Crippen LogP contribution in [0.1, 0.15) is 18.5 Å². The summed E-state index contributed by atoms with van der Waals surface area (Å²) in [5.41, 5.74) is 6.61. The fourth-order valence-corrected chi connectivity index (χ4v) is 1.80. The molecule has 0 spiro atoms. The van der Waals surface area contributed by atoms with Gasteiger partial charge in [0.2, 0.25) is 5.82 Å². The average Bonchev–Trinajstić information content (AvgIpc) is 2.44. The van der Waals surface area contributed by atoms with Crippen LogP contribution in [-0.2, 0) is 0 Å². The van der Waals surface area contributed by atoms with E-state index in [9.17, 15) is 13.2 Å². The van der Waals surface area contributed by atoms with E-state index in [1.165, 1.54) is 36.4 Å². The van der Waals surface area contributed by atoms with Gasteiger partial charge in [-0.3, -0.25) is 0 Å². The number of hydrogen-bond acceptors (Lipinski definition) is 2. The van der Waals surface area contributed by atoms with Crippen LogP contribution in [0.25, 0.3) is 0 Å². The number of rotatable bonds is 4. The van der Waals surface area contributed by atoms with Crippen molar-refractivity contribution in [1.29, 1.82) is 0 Å². The van der Waals surface area contributed by atoms with Crippen molar-refractivity contribution in [3.63, 3.8) is 0 Å². The molecule has 2 N–H and O–H groups in total. The molecule has 0 amide bonds. The summed E-state index contributed by atoms with van der Waals surface area (Å²) in [6.07, 6.45) is -0.600. The highest BCUT2D eigenvalue weighted by Crippen LogP contribution is 2.24. The molecule has 0 heterocycles. The minimum Gasteiger partial charge on any atom is -0.486 e. The van der Waals surface area contributed by atoms with Crippen molar-refractivity contribution in [3.05, 3.63) is 65.5 Å². The van der Waals surface area contributed by atoms with Crippen molar-refractivity contribution in [2.24, 2.45) is 5.73 Å². The van der Waals surface area contributed by atoms with E-state index >= 15 is 0 Å². The van der Waals surface area contributed by atoms with Crippen molar-refractivity contribution in [2.75, 3.05) is 0 Å². The van der Waals surface area contributed by atoms with Gasteiger partial charge in [0, 0.05) is 0 Å². The summed E-state index contributed by atoms with van der Waals surface area (Å²) >= 11 is 0. The Balaban J connectivity index is 2.13. The van der Waals surface area contributed by atoms with E-state index in [1.807, 2.05) is 0 Å². The zero-order chi connectivity index (χ0) is 14.7. The zero-order valence-electron chi connectivity index (χ0n) is 10.8. The van der Waals surface area contributed by atoms with Gasteiger partial charge in [-0.2, -0.15) is 4.39 Å². The highest BCUT2D eigenvalue weighted by atomic mass is 19.2. The third-order valence-electron chi connectivity index (χ3n) is 2.99. The Morgan fingerprint density at radius 1 is 1.00 bits per heavy atom. The smallest absolute Gasteiger partial charge is 0.200 e. The lowest BCUT2D eigenvalue weighted by Crippen LogP contribution is -2.29. The maximum atomic E-state index is 13.5. The molecule has 0 saturated carbocycles. The lowest BCUT2D eigenvalue weighted by atomic mass is 10.0. The summed E-state index contributed by atoms with van der Waals surface area (Å²) in [6.45, 7) is 1.64. The summed E-state index contributed by atoms with van der Waals surface area (Å²) < 4.78 is 44.7. The molecular formula is C15H14F3NO. The van der Waals surface area contributed by atoms with Crippen LogP contribution in [-0.4, -0.2) is 6.10 Å². The zero-order valence-corrected chi connectivity index (χ0v) is 10.8. The molecule has 0 fully saturated rings. The molecule has 0 aliphatic rings. The van der Waals surface area contributed by atoms with Crippen LogP contribution in [0.3, 0.4) is 0 Å². The number of benzene rings is 2. The van der Waals surface area contributed by atoms with E-state index < -0.39 is 23.8 Å². The predicted octanol–water partition coefficient (Wildman–Crippen LogP) is 3.57. The van der Waals surface area contributed by atoms with E-state index in [-0.39, 0.29) is 11.6 Å². The molecule has 0 aliphatic heterocycles. The number of nitrogens with two attached hydrogens (primary N) is 1. The number of halogens is 3. The Morgan fingerprint density at radius 2 is 1.65 bits per heavy atom. The molecule has 0 aromatic heterocycles. The number of ether oxygens (including phenoxy) is 1. The van der Waals surface area contributed by atoms with Crippen LogP contribution < -0.4 is 10.5 Å². The van der Waals surface area contributed by atoms with Crippen LogP contribution in [0.4, 0.5) is 13.2 Å². The van der Waals surface area contributed by atoms with Gasteiger partial charge in [0.1, 0.15) is 11.9 Å². The van der Waals surface area contributed by atoms with E-state index in [1.54, 1.807) is 6.92 Å². The largest absolute Gasteiger partial charge is 0.486 e. The normalized spacial score (nSPS) is 13.8. The molecule has 2 nitrogen and oxygen atoms in total. The van der Waals surface area contributed by atoms with Gasteiger partial charge in [0.05, 0.1) is 6.04 Å². The topological polar surface area (TPSA) is 35.2 Å². The first-order chi connectivity index (χ1) is 9.49. The monoisotopic (exact) mass is 281 g/mol. The van der Waals surface area contributed by atoms with E-state index in [4.69, 9.17) is 10.5 Å². The average molecular weight is 281 g/mol. The van der Waals surface area contributed by atoms with Gasteiger partial charge in [0.25, 0.3) is 0 Å². The molecule has 0 saturated heterocycles. The Kier molecular flexibility index (Phi) is 4.29. The first kappa shape index (κ1) is 14.4. The first-order valence-electron chi connectivity index (χ1n) is 6.10. The van der Waals surface area contributed by atoms with Gasteiger partial charge in [-0.15, -0.1) is 0 Å². The van der Waals surface area contributed by atoms with Crippen LogP contribution >= 0.6 is 0 Å². The standard InChI is InChI=1S/C15H14F3NO/c1-9(15(19)10-5-7-11(16)8-6-10)20-13-4-2-3-12(17)14(13)18/h2-9,15H,19H2,1H3. The molecule has 0 bridgehead atoms. The van der Waals surface area contributed by atoms with Crippen molar-refractivity contribution in [2.45, 2.75) is 19.1 Å². The van der Waals surface area contributed by atoms with Crippen LogP contribution in [0.15, 0.2) is 42.5 Å². The van der Waals surface area contributed by atoms with E-state index in [0.717, 1.165) is 6.07 Å². The van der Waals surface area contributed by atoms with Crippen molar-refractivity contribution < 1.29 is 17.9 Å². The third-order valence-corrected chi connectivity index (χ3v) is 2.99. The van der Waals surface area contributed by atoms with Crippen LogP contribution in [0, 0.1) is 17.5 Å².